The van der Waals surface area contributed by atoms with E-state index in [9.17, 15) is 8.42 Å². The third kappa shape index (κ3) is 2.94. The van der Waals surface area contributed by atoms with Crippen LogP contribution in [0.1, 0.15) is 18.7 Å². The molecule has 2 aromatic rings. The van der Waals surface area contributed by atoms with Crippen molar-refractivity contribution in [3.8, 4) is 0 Å². The van der Waals surface area contributed by atoms with E-state index in [0.29, 0.717) is 11.4 Å². The average molecular weight is 281 g/mol. The van der Waals surface area contributed by atoms with E-state index >= 15 is 0 Å². The second kappa shape index (κ2) is 5.41. The molecule has 0 aromatic carbocycles. The van der Waals surface area contributed by atoms with E-state index in [1.807, 2.05) is 0 Å². The van der Waals surface area contributed by atoms with Gasteiger partial charge in [0.1, 0.15) is 10.7 Å². The van der Waals surface area contributed by atoms with Gasteiger partial charge in [-0.05, 0) is 25.1 Å². The van der Waals surface area contributed by atoms with Crippen LogP contribution in [0, 0.1) is 0 Å². The third-order valence-electron chi connectivity index (χ3n) is 2.65. The Morgan fingerprint density at radius 1 is 1.37 bits per heavy atom. The summed E-state index contributed by atoms with van der Waals surface area (Å²) in [4.78, 5) is 3.95. The third-order valence-corrected chi connectivity index (χ3v) is 4.21. The van der Waals surface area contributed by atoms with Crippen LogP contribution >= 0.6 is 0 Å². The van der Waals surface area contributed by atoms with Gasteiger partial charge >= 0.3 is 0 Å². The summed E-state index contributed by atoms with van der Waals surface area (Å²) in [6.07, 6.45) is 4.34. The van der Waals surface area contributed by atoms with Crippen molar-refractivity contribution < 1.29 is 12.8 Å². The van der Waals surface area contributed by atoms with Crippen LogP contribution in [0.25, 0.3) is 0 Å². The molecule has 19 heavy (non-hydrogen) atoms. The SMILES string of the molecule is CNc1ccncc1S(=O)(=O)NC(C)c1ccco1. The van der Waals surface area contributed by atoms with E-state index in [-0.39, 0.29) is 4.90 Å². The van der Waals surface area contributed by atoms with Gasteiger partial charge in [0.05, 0.1) is 18.0 Å². The molecule has 0 aliphatic carbocycles. The van der Waals surface area contributed by atoms with Crippen LogP contribution in [-0.4, -0.2) is 20.4 Å². The van der Waals surface area contributed by atoms with Gasteiger partial charge in [-0.1, -0.05) is 0 Å². The fraction of sp³-hybridized carbons (Fsp3) is 0.250. The minimum absolute atomic E-state index is 0.107. The number of sulfonamides is 1. The standard InChI is InChI=1S/C12H15N3O3S/c1-9(11-4-3-7-18-11)15-19(16,17)12-8-14-6-5-10(12)13-2/h3-9,15H,1-2H3,(H,13,14). The lowest BCUT2D eigenvalue weighted by atomic mass is 10.3. The number of anilines is 1. The highest BCUT2D eigenvalue weighted by Gasteiger charge is 2.22. The molecule has 0 aliphatic heterocycles. The number of furan rings is 1. The first-order valence-corrected chi connectivity index (χ1v) is 7.20. The van der Waals surface area contributed by atoms with Gasteiger partial charge < -0.3 is 9.73 Å². The Hall–Kier alpha value is -1.86. The summed E-state index contributed by atoms with van der Waals surface area (Å²) in [6.45, 7) is 1.71. The smallest absolute Gasteiger partial charge is 0.244 e. The van der Waals surface area contributed by atoms with Gasteiger partial charge in [0.25, 0.3) is 0 Å². The van der Waals surface area contributed by atoms with Crippen LogP contribution in [0.3, 0.4) is 0 Å². The largest absolute Gasteiger partial charge is 0.468 e. The molecule has 0 amide bonds. The van der Waals surface area contributed by atoms with Crippen LogP contribution in [0.2, 0.25) is 0 Å². The van der Waals surface area contributed by atoms with Crippen molar-refractivity contribution in [2.75, 3.05) is 12.4 Å². The number of nitrogens with one attached hydrogen (secondary N) is 2. The number of pyridine rings is 1. The molecule has 0 saturated heterocycles. The van der Waals surface area contributed by atoms with E-state index in [2.05, 4.69) is 15.0 Å². The van der Waals surface area contributed by atoms with Crippen LogP contribution < -0.4 is 10.0 Å². The van der Waals surface area contributed by atoms with Gasteiger partial charge in [-0.3, -0.25) is 4.98 Å². The monoisotopic (exact) mass is 281 g/mol. The van der Waals surface area contributed by atoms with E-state index < -0.39 is 16.1 Å². The van der Waals surface area contributed by atoms with Crippen molar-refractivity contribution in [1.29, 1.82) is 0 Å². The molecule has 7 heteroatoms. The van der Waals surface area contributed by atoms with Crippen LogP contribution in [-0.2, 0) is 10.0 Å². The zero-order valence-electron chi connectivity index (χ0n) is 10.6. The van der Waals surface area contributed by atoms with Crippen LogP contribution in [0.5, 0.6) is 0 Å². The molecule has 2 rings (SSSR count). The summed E-state index contributed by atoms with van der Waals surface area (Å²) in [5.74, 6) is 0.554. The summed E-state index contributed by atoms with van der Waals surface area (Å²) in [6, 6.07) is 4.58. The Bertz CT molecular complexity index is 638. The molecule has 0 bridgehead atoms. The van der Waals surface area contributed by atoms with Crippen molar-refractivity contribution in [3.63, 3.8) is 0 Å². The molecule has 0 spiro atoms. The second-order valence-corrected chi connectivity index (χ2v) is 5.66. The van der Waals surface area contributed by atoms with Crippen molar-refractivity contribution in [3.05, 3.63) is 42.6 Å². The minimum Gasteiger partial charge on any atom is -0.468 e. The molecule has 1 unspecified atom stereocenters. The number of aromatic nitrogens is 1. The van der Waals surface area contributed by atoms with Crippen molar-refractivity contribution in [2.24, 2.45) is 0 Å². The predicted molar refractivity (Wildman–Crippen MR) is 71.2 cm³/mol. The molecule has 0 aliphatic rings. The molecule has 0 fully saturated rings. The predicted octanol–water partition coefficient (Wildman–Crippen LogP) is 1.76. The molecular weight excluding hydrogens is 266 g/mol. The fourth-order valence-electron chi connectivity index (χ4n) is 1.69. The lowest BCUT2D eigenvalue weighted by Crippen LogP contribution is -2.27. The van der Waals surface area contributed by atoms with Gasteiger partial charge in [-0.25, -0.2) is 13.1 Å². The van der Waals surface area contributed by atoms with Crippen molar-refractivity contribution in [2.45, 2.75) is 17.9 Å². The van der Waals surface area contributed by atoms with Crippen LogP contribution in [0.4, 0.5) is 5.69 Å². The fourth-order valence-corrected chi connectivity index (χ4v) is 3.06. The minimum atomic E-state index is -3.66. The maximum atomic E-state index is 12.3. The van der Waals surface area contributed by atoms with Gasteiger partial charge in [-0.2, -0.15) is 0 Å². The van der Waals surface area contributed by atoms with E-state index in [4.69, 9.17) is 4.42 Å². The second-order valence-electron chi connectivity index (χ2n) is 3.98. The number of hydrogen-bond donors (Lipinski definition) is 2. The lowest BCUT2D eigenvalue weighted by Gasteiger charge is -2.14. The van der Waals surface area contributed by atoms with E-state index in [1.165, 1.54) is 18.7 Å². The highest BCUT2D eigenvalue weighted by atomic mass is 32.2. The van der Waals surface area contributed by atoms with Gasteiger partial charge in [0.15, 0.2) is 0 Å². The number of hydrogen-bond acceptors (Lipinski definition) is 5. The molecule has 2 aromatic heterocycles. The zero-order chi connectivity index (χ0) is 13.9. The van der Waals surface area contributed by atoms with E-state index in [0.717, 1.165) is 0 Å². The van der Waals surface area contributed by atoms with Gasteiger partial charge in [-0.15, -0.1) is 0 Å². The molecule has 2 N–H and O–H groups in total. The summed E-state index contributed by atoms with van der Waals surface area (Å²) in [7, 11) is -2.01. The molecule has 6 nitrogen and oxygen atoms in total. The zero-order valence-corrected chi connectivity index (χ0v) is 11.4. The Kier molecular flexibility index (Phi) is 3.87. The molecule has 0 radical (unpaired) electrons. The molecule has 0 saturated carbocycles. The summed E-state index contributed by atoms with van der Waals surface area (Å²) < 4.78 is 32.3. The quantitative estimate of drug-likeness (QED) is 0.872. The highest BCUT2D eigenvalue weighted by molar-refractivity contribution is 7.89. The Balaban J connectivity index is 2.28. The molecule has 102 valence electrons. The maximum absolute atomic E-state index is 12.3. The Labute approximate surface area is 111 Å². The summed E-state index contributed by atoms with van der Waals surface area (Å²) in [5, 5.41) is 2.83. The van der Waals surface area contributed by atoms with Crippen molar-refractivity contribution >= 4 is 15.7 Å². The lowest BCUT2D eigenvalue weighted by molar-refractivity contribution is 0.459. The molecule has 2 heterocycles. The van der Waals surface area contributed by atoms with Gasteiger partial charge in [0, 0.05) is 19.4 Å². The average Bonchev–Trinajstić information content (AvgIpc) is 2.92. The Morgan fingerprint density at radius 3 is 2.79 bits per heavy atom. The molecule has 1 atom stereocenters. The summed E-state index contributed by atoms with van der Waals surface area (Å²) >= 11 is 0. The first-order valence-electron chi connectivity index (χ1n) is 5.72. The first-order chi connectivity index (χ1) is 9.04. The van der Waals surface area contributed by atoms with Gasteiger partial charge in [0.2, 0.25) is 10.0 Å². The topological polar surface area (TPSA) is 84.2 Å². The van der Waals surface area contributed by atoms with Crippen molar-refractivity contribution in [1.82, 2.24) is 9.71 Å². The molecular formula is C12H15N3O3S. The normalized spacial score (nSPS) is 13.2. The summed E-state index contributed by atoms with van der Waals surface area (Å²) in [5.41, 5.74) is 0.495. The number of nitrogens with zero attached hydrogens (tertiary/aromatic N) is 1. The first kappa shape index (κ1) is 13.6. The highest BCUT2D eigenvalue weighted by Crippen LogP contribution is 2.22. The number of rotatable bonds is 5. The van der Waals surface area contributed by atoms with Crippen LogP contribution in [0.15, 0.2) is 46.2 Å². The van der Waals surface area contributed by atoms with E-state index in [1.54, 1.807) is 32.2 Å². The maximum Gasteiger partial charge on any atom is 0.244 e. The Morgan fingerprint density at radius 2 is 2.16 bits per heavy atom.